The summed E-state index contributed by atoms with van der Waals surface area (Å²) in [7, 11) is 0. The Labute approximate surface area is 152 Å². The predicted octanol–water partition coefficient (Wildman–Crippen LogP) is 7.31. The molecule has 1 unspecified atom stereocenters. The first-order chi connectivity index (χ1) is 11.3. The van der Waals surface area contributed by atoms with Gasteiger partial charge in [0.25, 0.3) is 0 Å². The van der Waals surface area contributed by atoms with Crippen LogP contribution < -0.4 is 0 Å². The number of hydrogen-bond acceptors (Lipinski definition) is 0. The molecule has 0 aliphatic heterocycles. The van der Waals surface area contributed by atoms with Crippen LogP contribution in [0, 0.1) is 5.92 Å². The molecule has 0 saturated carbocycles. The van der Waals surface area contributed by atoms with E-state index in [9.17, 15) is 13.2 Å². The fraction of sp³-hybridized carbons (Fsp3) is 0.111. The van der Waals surface area contributed by atoms with E-state index in [4.69, 9.17) is 34.8 Å². The van der Waals surface area contributed by atoms with Crippen LogP contribution in [0.2, 0.25) is 15.1 Å². The molecule has 1 aliphatic carbocycles. The SMILES string of the molecule is FC(F)(F)/C(=C/C1C=C1c1ccccc1)c1cc(Cl)c(Cl)c(Cl)c1. The van der Waals surface area contributed by atoms with Crippen LogP contribution in [0.5, 0.6) is 0 Å². The first kappa shape index (κ1) is 17.4. The lowest BCUT2D eigenvalue weighted by atomic mass is 10.0. The van der Waals surface area contributed by atoms with E-state index in [1.165, 1.54) is 18.2 Å². The summed E-state index contributed by atoms with van der Waals surface area (Å²) in [6, 6.07) is 11.6. The van der Waals surface area contributed by atoms with E-state index >= 15 is 0 Å². The highest BCUT2D eigenvalue weighted by atomic mass is 35.5. The minimum absolute atomic E-state index is 0.0126. The van der Waals surface area contributed by atoms with Gasteiger partial charge in [0.05, 0.1) is 20.6 Å². The number of hydrogen-bond donors (Lipinski definition) is 0. The average molecular weight is 390 g/mol. The van der Waals surface area contributed by atoms with Gasteiger partial charge in [0, 0.05) is 5.92 Å². The molecule has 1 atom stereocenters. The van der Waals surface area contributed by atoms with E-state index in [1.54, 1.807) is 6.08 Å². The van der Waals surface area contributed by atoms with Crippen LogP contribution in [-0.2, 0) is 0 Å². The molecule has 3 rings (SSSR count). The molecule has 2 aromatic rings. The van der Waals surface area contributed by atoms with Gasteiger partial charge in [-0.3, -0.25) is 0 Å². The summed E-state index contributed by atoms with van der Waals surface area (Å²) in [6.07, 6.45) is -1.57. The third-order valence-corrected chi connectivity index (χ3v) is 4.86. The molecule has 0 saturated heterocycles. The molecule has 0 spiro atoms. The van der Waals surface area contributed by atoms with Crippen LogP contribution in [0.1, 0.15) is 11.1 Å². The van der Waals surface area contributed by atoms with Gasteiger partial charge in [-0.15, -0.1) is 0 Å². The lowest BCUT2D eigenvalue weighted by Crippen LogP contribution is -2.11. The van der Waals surface area contributed by atoms with Crippen LogP contribution in [0.15, 0.2) is 54.6 Å². The average Bonchev–Trinajstić information content (AvgIpc) is 3.29. The molecular weight excluding hydrogens is 380 g/mol. The standard InChI is InChI=1S/C18H10Cl3F3/c19-15-8-12(9-16(20)17(15)21)14(18(22,23)24)7-11-6-13(11)10-4-2-1-3-5-10/h1-9,11H/b14-7+. The molecule has 0 heterocycles. The Kier molecular flexibility index (Phi) is 4.69. The Bertz CT molecular complexity index is 813. The van der Waals surface area contributed by atoms with Gasteiger partial charge in [0.2, 0.25) is 0 Å². The Morgan fingerprint density at radius 1 is 0.958 bits per heavy atom. The second kappa shape index (κ2) is 6.47. The fourth-order valence-electron chi connectivity index (χ4n) is 2.45. The van der Waals surface area contributed by atoms with E-state index in [1.807, 2.05) is 30.3 Å². The smallest absolute Gasteiger partial charge is 0.166 e. The van der Waals surface area contributed by atoms with Crippen molar-refractivity contribution in [1.29, 1.82) is 0 Å². The topological polar surface area (TPSA) is 0 Å². The number of halogens is 6. The third kappa shape index (κ3) is 3.64. The zero-order valence-electron chi connectivity index (χ0n) is 12.0. The van der Waals surface area contributed by atoms with E-state index < -0.39 is 11.7 Å². The normalized spacial score (nSPS) is 17.7. The largest absolute Gasteiger partial charge is 0.416 e. The molecule has 0 amide bonds. The van der Waals surface area contributed by atoms with E-state index in [0.717, 1.165) is 11.1 Å². The van der Waals surface area contributed by atoms with Gasteiger partial charge in [0.1, 0.15) is 0 Å². The van der Waals surface area contributed by atoms with Crippen molar-refractivity contribution < 1.29 is 13.2 Å². The molecule has 24 heavy (non-hydrogen) atoms. The summed E-state index contributed by atoms with van der Waals surface area (Å²) in [4.78, 5) is 0. The van der Waals surface area contributed by atoms with Gasteiger partial charge in [0.15, 0.2) is 0 Å². The molecule has 0 fully saturated rings. The monoisotopic (exact) mass is 388 g/mol. The number of rotatable bonds is 3. The summed E-state index contributed by atoms with van der Waals surface area (Å²) in [5.74, 6) is -0.364. The molecule has 0 bridgehead atoms. The van der Waals surface area contributed by atoms with E-state index in [0.29, 0.717) is 0 Å². The minimum atomic E-state index is -4.53. The second-order valence-electron chi connectivity index (χ2n) is 5.35. The Morgan fingerprint density at radius 2 is 1.54 bits per heavy atom. The van der Waals surface area contributed by atoms with E-state index in [-0.39, 0.29) is 26.5 Å². The highest BCUT2D eigenvalue weighted by Crippen LogP contribution is 2.45. The molecule has 0 nitrogen and oxygen atoms in total. The Hall–Kier alpha value is -1.42. The second-order valence-corrected chi connectivity index (χ2v) is 6.54. The van der Waals surface area contributed by atoms with Gasteiger partial charge in [-0.1, -0.05) is 77.3 Å². The highest BCUT2D eigenvalue weighted by Gasteiger charge is 2.37. The summed E-state index contributed by atoms with van der Waals surface area (Å²) in [6.45, 7) is 0. The summed E-state index contributed by atoms with van der Waals surface area (Å²) in [5, 5.41) is 0.0147. The Morgan fingerprint density at radius 3 is 2.08 bits per heavy atom. The zero-order chi connectivity index (χ0) is 17.5. The van der Waals surface area contributed by atoms with Crippen molar-refractivity contribution in [1.82, 2.24) is 0 Å². The molecule has 0 radical (unpaired) electrons. The summed E-state index contributed by atoms with van der Waals surface area (Å²) in [5.41, 5.74) is 0.890. The van der Waals surface area contributed by atoms with Gasteiger partial charge in [-0.05, 0) is 28.8 Å². The van der Waals surface area contributed by atoms with Crippen molar-refractivity contribution in [3.63, 3.8) is 0 Å². The lowest BCUT2D eigenvalue weighted by Gasteiger charge is -2.14. The maximum Gasteiger partial charge on any atom is 0.416 e. The number of alkyl halides is 3. The third-order valence-electron chi connectivity index (χ3n) is 3.66. The lowest BCUT2D eigenvalue weighted by molar-refractivity contribution is -0.0690. The minimum Gasteiger partial charge on any atom is -0.166 e. The number of benzene rings is 2. The van der Waals surface area contributed by atoms with Crippen LogP contribution in [0.3, 0.4) is 0 Å². The maximum absolute atomic E-state index is 13.5. The molecule has 1 aliphatic rings. The number of allylic oxidation sites excluding steroid dienone is 4. The van der Waals surface area contributed by atoms with Crippen LogP contribution in [0.4, 0.5) is 13.2 Å². The summed E-state index contributed by atoms with van der Waals surface area (Å²) >= 11 is 17.5. The fourth-order valence-corrected chi connectivity index (χ4v) is 3.04. The molecular formula is C18H10Cl3F3. The van der Waals surface area contributed by atoms with Crippen molar-refractivity contribution in [2.24, 2.45) is 5.92 Å². The van der Waals surface area contributed by atoms with Crippen molar-refractivity contribution in [2.75, 3.05) is 0 Å². The van der Waals surface area contributed by atoms with E-state index in [2.05, 4.69) is 0 Å². The van der Waals surface area contributed by atoms with Crippen LogP contribution in [-0.4, -0.2) is 6.18 Å². The molecule has 2 aromatic carbocycles. The van der Waals surface area contributed by atoms with Gasteiger partial charge >= 0.3 is 6.18 Å². The zero-order valence-corrected chi connectivity index (χ0v) is 14.3. The maximum atomic E-state index is 13.5. The molecule has 0 N–H and O–H groups in total. The predicted molar refractivity (Wildman–Crippen MR) is 93.4 cm³/mol. The van der Waals surface area contributed by atoms with Crippen molar-refractivity contribution in [3.8, 4) is 0 Å². The van der Waals surface area contributed by atoms with Gasteiger partial charge in [-0.25, -0.2) is 0 Å². The highest BCUT2D eigenvalue weighted by molar-refractivity contribution is 6.48. The Balaban J connectivity index is 1.95. The molecule has 124 valence electrons. The quantitative estimate of drug-likeness (QED) is 0.483. The first-order valence-corrected chi connectivity index (χ1v) is 8.12. The van der Waals surface area contributed by atoms with Crippen LogP contribution in [0.25, 0.3) is 11.1 Å². The summed E-state index contributed by atoms with van der Waals surface area (Å²) < 4.78 is 40.4. The van der Waals surface area contributed by atoms with Crippen LogP contribution >= 0.6 is 34.8 Å². The molecule has 6 heteroatoms. The first-order valence-electron chi connectivity index (χ1n) is 6.98. The van der Waals surface area contributed by atoms with Crippen molar-refractivity contribution >= 4 is 45.9 Å². The van der Waals surface area contributed by atoms with Gasteiger partial charge in [-0.2, -0.15) is 13.2 Å². The van der Waals surface area contributed by atoms with Gasteiger partial charge < -0.3 is 0 Å². The molecule has 0 aromatic heterocycles. The van der Waals surface area contributed by atoms with Crippen molar-refractivity contribution in [3.05, 3.63) is 80.8 Å². The van der Waals surface area contributed by atoms with Crippen molar-refractivity contribution in [2.45, 2.75) is 6.18 Å².